The lowest BCUT2D eigenvalue weighted by atomic mass is 10.2. The Hall–Kier alpha value is -1.66. The molecule has 19 heavy (non-hydrogen) atoms. The standard InChI is InChI=1S/C12H14ClN3O3/c13-10-4-3-9(5-11(10)16(18)19)15-12(17)7-14-6-8-1-2-8/h3-5,8,14H,1-2,6-7H2,(H,15,17). The van der Waals surface area contributed by atoms with E-state index >= 15 is 0 Å². The third-order valence-corrected chi connectivity index (χ3v) is 3.16. The summed E-state index contributed by atoms with van der Waals surface area (Å²) in [6.07, 6.45) is 2.44. The van der Waals surface area contributed by atoms with Gasteiger partial charge in [-0.15, -0.1) is 0 Å². The molecule has 0 bridgehead atoms. The average Bonchev–Trinajstić information content (AvgIpc) is 3.15. The zero-order chi connectivity index (χ0) is 13.8. The van der Waals surface area contributed by atoms with E-state index in [0.29, 0.717) is 11.6 Å². The molecular formula is C12H14ClN3O3. The van der Waals surface area contributed by atoms with E-state index in [-0.39, 0.29) is 23.2 Å². The molecule has 0 unspecified atom stereocenters. The molecule has 0 aromatic heterocycles. The third-order valence-electron chi connectivity index (χ3n) is 2.84. The van der Waals surface area contributed by atoms with Crippen molar-refractivity contribution < 1.29 is 9.72 Å². The first-order valence-corrected chi connectivity index (χ1v) is 6.38. The molecule has 0 spiro atoms. The van der Waals surface area contributed by atoms with Crippen molar-refractivity contribution in [3.8, 4) is 0 Å². The number of carbonyl (C=O) groups is 1. The Balaban J connectivity index is 1.88. The van der Waals surface area contributed by atoms with Gasteiger partial charge >= 0.3 is 0 Å². The van der Waals surface area contributed by atoms with Gasteiger partial charge in [0, 0.05) is 11.8 Å². The quantitative estimate of drug-likeness (QED) is 0.619. The molecule has 0 radical (unpaired) electrons. The molecule has 1 aromatic carbocycles. The highest BCUT2D eigenvalue weighted by Crippen LogP contribution is 2.28. The van der Waals surface area contributed by atoms with Crippen LogP contribution in [-0.2, 0) is 4.79 Å². The molecule has 0 aliphatic heterocycles. The van der Waals surface area contributed by atoms with Crippen molar-refractivity contribution in [2.24, 2.45) is 5.92 Å². The fourth-order valence-electron chi connectivity index (χ4n) is 1.65. The van der Waals surface area contributed by atoms with Crippen molar-refractivity contribution in [3.05, 3.63) is 33.3 Å². The second-order valence-electron chi connectivity index (χ2n) is 4.55. The molecule has 1 aliphatic rings. The van der Waals surface area contributed by atoms with Gasteiger partial charge in [0.05, 0.1) is 11.5 Å². The number of nitrogens with one attached hydrogen (secondary N) is 2. The second kappa shape index (κ2) is 5.99. The van der Waals surface area contributed by atoms with Crippen LogP contribution in [0, 0.1) is 16.0 Å². The number of hydrogen-bond acceptors (Lipinski definition) is 4. The number of benzene rings is 1. The summed E-state index contributed by atoms with van der Waals surface area (Å²) in [5, 5.41) is 16.4. The number of carbonyl (C=O) groups excluding carboxylic acids is 1. The van der Waals surface area contributed by atoms with Gasteiger partial charge in [0.25, 0.3) is 5.69 Å². The highest BCUT2D eigenvalue weighted by atomic mass is 35.5. The normalized spacial score (nSPS) is 14.2. The molecule has 2 rings (SSSR count). The van der Waals surface area contributed by atoms with E-state index in [4.69, 9.17) is 11.6 Å². The van der Waals surface area contributed by atoms with Crippen molar-refractivity contribution in [2.45, 2.75) is 12.8 Å². The Kier molecular flexibility index (Phi) is 4.34. The molecule has 7 heteroatoms. The number of halogens is 1. The Bertz CT molecular complexity index is 503. The molecule has 0 atom stereocenters. The summed E-state index contributed by atoms with van der Waals surface area (Å²) in [6, 6.07) is 4.18. The van der Waals surface area contributed by atoms with Crippen LogP contribution in [0.2, 0.25) is 5.02 Å². The van der Waals surface area contributed by atoms with Crippen molar-refractivity contribution in [2.75, 3.05) is 18.4 Å². The molecule has 1 saturated carbocycles. The van der Waals surface area contributed by atoms with Gasteiger partial charge < -0.3 is 10.6 Å². The maximum absolute atomic E-state index is 11.6. The van der Waals surface area contributed by atoms with Crippen LogP contribution in [0.1, 0.15) is 12.8 Å². The highest BCUT2D eigenvalue weighted by molar-refractivity contribution is 6.32. The van der Waals surface area contributed by atoms with Crippen LogP contribution in [0.15, 0.2) is 18.2 Å². The predicted octanol–water partition coefficient (Wildman–Crippen LogP) is 2.19. The molecule has 0 heterocycles. The first-order valence-electron chi connectivity index (χ1n) is 6.01. The molecule has 1 amide bonds. The first-order chi connectivity index (χ1) is 9.06. The number of nitro benzene ring substituents is 1. The minimum Gasteiger partial charge on any atom is -0.325 e. The lowest BCUT2D eigenvalue weighted by Crippen LogP contribution is -2.29. The fourth-order valence-corrected chi connectivity index (χ4v) is 1.83. The minimum atomic E-state index is -0.580. The van der Waals surface area contributed by atoms with Crippen LogP contribution in [0.25, 0.3) is 0 Å². The van der Waals surface area contributed by atoms with Crippen LogP contribution < -0.4 is 10.6 Å². The van der Waals surface area contributed by atoms with E-state index < -0.39 is 4.92 Å². The smallest absolute Gasteiger partial charge is 0.289 e. The monoisotopic (exact) mass is 283 g/mol. The molecule has 2 N–H and O–H groups in total. The average molecular weight is 284 g/mol. The van der Waals surface area contributed by atoms with Gasteiger partial charge in [-0.3, -0.25) is 14.9 Å². The summed E-state index contributed by atoms with van der Waals surface area (Å²) in [7, 11) is 0. The van der Waals surface area contributed by atoms with E-state index in [1.54, 1.807) is 0 Å². The van der Waals surface area contributed by atoms with Gasteiger partial charge in [0.15, 0.2) is 0 Å². The van der Waals surface area contributed by atoms with Crippen LogP contribution in [0.4, 0.5) is 11.4 Å². The molecule has 0 saturated heterocycles. The van der Waals surface area contributed by atoms with Crippen molar-refractivity contribution in [1.82, 2.24) is 5.32 Å². The highest BCUT2D eigenvalue weighted by Gasteiger charge is 2.20. The number of nitrogens with zero attached hydrogens (tertiary/aromatic N) is 1. The van der Waals surface area contributed by atoms with E-state index in [2.05, 4.69) is 10.6 Å². The maximum Gasteiger partial charge on any atom is 0.289 e. The lowest BCUT2D eigenvalue weighted by Gasteiger charge is -2.06. The van der Waals surface area contributed by atoms with E-state index in [9.17, 15) is 14.9 Å². The molecule has 1 aliphatic carbocycles. The number of amides is 1. The second-order valence-corrected chi connectivity index (χ2v) is 4.95. The van der Waals surface area contributed by atoms with Gasteiger partial charge in [-0.25, -0.2) is 0 Å². The Morgan fingerprint density at radius 1 is 1.47 bits per heavy atom. The van der Waals surface area contributed by atoms with E-state index in [0.717, 1.165) is 6.54 Å². The molecule has 102 valence electrons. The zero-order valence-electron chi connectivity index (χ0n) is 10.2. The van der Waals surface area contributed by atoms with Crippen molar-refractivity contribution in [3.63, 3.8) is 0 Å². The number of anilines is 1. The maximum atomic E-state index is 11.6. The van der Waals surface area contributed by atoms with E-state index in [1.165, 1.54) is 31.0 Å². The van der Waals surface area contributed by atoms with Gasteiger partial charge in [0.2, 0.25) is 5.91 Å². The van der Waals surface area contributed by atoms with E-state index in [1.807, 2.05) is 0 Å². The SMILES string of the molecule is O=C(CNCC1CC1)Nc1ccc(Cl)c([N+](=O)[O-])c1. The largest absolute Gasteiger partial charge is 0.325 e. The summed E-state index contributed by atoms with van der Waals surface area (Å²) >= 11 is 5.69. The van der Waals surface area contributed by atoms with Crippen LogP contribution in [-0.4, -0.2) is 23.9 Å². The summed E-state index contributed by atoms with van der Waals surface area (Å²) < 4.78 is 0. The first kappa shape index (κ1) is 13.8. The number of rotatable bonds is 6. The van der Waals surface area contributed by atoms with Gasteiger partial charge in [-0.2, -0.15) is 0 Å². The van der Waals surface area contributed by atoms with Gasteiger partial charge in [0.1, 0.15) is 5.02 Å². The summed E-state index contributed by atoms with van der Waals surface area (Å²) in [4.78, 5) is 21.7. The Morgan fingerprint density at radius 2 is 2.21 bits per heavy atom. The summed E-state index contributed by atoms with van der Waals surface area (Å²) in [5.41, 5.74) is 0.153. The fraction of sp³-hybridized carbons (Fsp3) is 0.417. The number of nitro groups is 1. The number of hydrogen-bond donors (Lipinski definition) is 2. The van der Waals surface area contributed by atoms with Crippen LogP contribution in [0.3, 0.4) is 0 Å². The van der Waals surface area contributed by atoms with Gasteiger partial charge in [-0.05, 0) is 37.4 Å². The summed E-state index contributed by atoms with van der Waals surface area (Å²) in [5.74, 6) is 0.474. The minimum absolute atomic E-state index is 0.0508. The van der Waals surface area contributed by atoms with Crippen LogP contribution in [0.5, 0.6) is 0 Å². The zero-order valence-corrected chi connectivity index (χ0v) is 10.9. The molecular weight excluding hydrogens is 270 g/mol. The summed E-state index contributed by atoms with van der Waals surface area (Å²) in [6.45, 7) is 1.04. The topological polar surface area (TPSA) is 84.3 Å². The Labute approximate surface area is 115 Å². The predicted molar refractivity (Wildman–Crippen MR) is 72.3 cm³/mol. The van der Waals surface area contributed by atoms with Crippen molar-refractivity contribution >= 4 is 28.9 Å². The van der Waals surface area contributed by atoms with Gasteiger partial charge in [-0.1, -0.05) is 11.6 Å². The molecule has 6 nitrogen and oxygen atoms in total. The molecule has 1 aromatic rings. The Morgan fingerprint density at radius 3 is 2.84 bits per heavy atom. The lowest BCUT2D eigenvalue weighted by molar-refractivity contribution is -0.384. The third kappa shape index (κ3) is 4.18. The van der Waals surface area contributed by atoms with Crippen LogP contribution >= 0.6 is 11.6 Å². The van der Waals surface area contributed by atoms with Crippen molar-refractivity contribution in [1.29, 1.82) is 0 Å². The molecule has 1 fully saturated rings.